The number of esters is 1. The molecule has 0 radical (unpaired) electrons. The Kier molecular flexibility index (Phi) is 7.32. The number of ether oxygens (including phenoxy) is 2. The minimum absolute atomic E-state index is 0.0106. The van der Waals surface area contributed by atoms with Gasteiger partial charge in [-0.15, -0.1) is 0 Å². The molecule has 1 aromatic heterocycles. The Morgan fingerprint density at radius 3 is 2.83 bits per heavy atom. The Balaban J connectivity index is 1.60. The van der Waals surface area contributed by atoms with E-state index in [1.54, 1.807) is 29.4 Å². The maximum Gasteiger partial charge on any atom is 0.331 e. The molecule has 158 valence electrons. The number of rotatable bonds is 8. The third-order valence-corrected chi connectivity index (χ3v) is 4.76. The predicted octanol–water partition coefficient (Wildman–Crippen LogP) is 4.04. The van der Waals surface area contributed by atoms with Crippen LogP contribution in [-0.4, -0.2) is 35.6 Å². The molecule has 0 aliphatic heterocycles. The fraction of sp³-hybridized carbons (Fsp3) is 0.304. The lowest BCUT2D eigenvalue weighted by atomic mass is 10.0. The lowest BCUT2D eigenvalue weighted by Gasteiger charge is -2.26. The average Bonchev–Trinajstić information content (AvgIpc) is 3.29. The van der Waals surface area contributed by atoms with Crippen molar-refractivity contribution in [1.82, 2.24) is 4.90 Å². The van der Waals surface area contributed by atoms with Crippen LogP contribution in [-0.2, 0) is 20.9 Å². The van der Waals surface area contributed by atoms with Gasteiger partial charge >= 0.3 is 5.97 Å². The minimum Gasteiger partial charge on any atom is -0.504 e. The van der Waals surface area contributed by atoms with Crippen LogP contribution in [0.25, 0.3) is 6.08 Å². The zero-order valence-electron chi connectivity index (χ0n) is 16.9. The molecule has 30 heavy (non-hydrogen) atoms. The Bertz CT molecular complexity index is 929. The molecule has 1 aliphatic carbocycles. The first-order chi connectivity index (χ1) is 14.6. The summed E-state index contributed by atoms with van der Waals surface area (Å²) in [6.45, 7) is -0.0571. The van der Waals surface area contributed by atoms with Crippen molar-refractivity contribution in [2.24, 2.45) is 0 Å². The molecule has 1 heterocycles. The molecule has 0 unspecified atom stereocenters. The fourth-order valence-corrected chi connectivity index (χ4v) is 3.20. The van der Waals surface area contributed by atoms with E-state index in [-0.39, 0.29) is 18.3 Å². The number of hydrogen-bond donors (Lipinski definition) is 1. The zero-order valence-corrected chi connectivity index (χ0v) is 16.9. The maximum absolute atomic E-state index is 12.8. The summed E-state index contributed by atoms with van der Waals surface area (Å²) in [5.74, 6) is 0.0485. The minimum atomic E-state index is -0.633. The molecule has 0 spiro atoms. The number of amides is 1. The summed E-state index contributed by atoms with van der Waals surface area (Å²) in [7, 11) is 1.44. The quantitative estimate of drug-likeness (QED) is 0.521. The number of aromatic hydroxyl groups is 1. The van der Waals surface area contributed by atoms with Gasteiger partial charge in [0.15, 0.2) is 18.1 Å². The normalized spacial score (nSPS) is 13.7. The number of phenolic OH excluding ortho intramolecular Hbond substituents is 1. The van der Waals surface area contributed by atoms with Crippen molar-refractivity contribution >= 4 is 18.0 Å². The second-order valence-electron chi connectivity index (χ2n) is 6.87. The number of carbonyl (C=O) groups excluding carboxylic acids is 2. The van der Waals surface area contributed by atoms with E-state index < -0.39 is 5.97 Å². The lowest BCUT2D eigenvalue weighted by molar-refractivity contribution is -0.147. The first-order valence-corrected chi connectivity index (χ1v) is 9.80. The molecule has 2 aromatic rings. The highest BCUT2D eigenvalue weighted by Crippen LogP contribution is 2.27. The number of nitrogens with zero attached hydrogens (tertiary/aromatic N) is 1. The molecule has 3 rings (SSSR count). The predicted molar refractivity (Wildman–Crippen MR) is 110 cm³/mol. The summed E-state index contributed by atoms with van der Waals surface area (Å²) in [5.41, 5.74) is 1.59. The van der Waals surface area contributed by atoms with Gasteiger partial charge in [-0.2, -0.15) is 0 Å². The van der Waals surface area contributed by atoms with Gasteiger partial charge in [0, 0.05) is 11.8 Å². The molecule has 1 amide bonds. The monoisotopic (exact) mass is 411 g/mol. The largest absolute Gasteiger partial charge is 0.504 e. The molecule has 7 nitrogen and oxygen atoms in total. The highest BCUT2D eigenvalue weighted by Gasteiger charge is 2.21. The third kappa shape index (κ3) is 5.76. The van der Waals surface area contributed by atoms with E-state index in [4.69, 9.17) is 13.9 Å². The summed E-state index contributed by atoms with van der Waals surface area (Å²) in [6.07, 6.45) is 10.2. The Hall–Kier alpha value is -3.48. The van der Waals surface area contributed by atoms with Crippen LogP contribution in [0.2, 0.25) is 0 Å². The SMILES string of the molecule is COc1cc(/C=C/C(=O)OCC(=O)N(Cc2ccco2)C2=CCCCC2)ccc1O. The van der Waals surface area contributed by atoms with Crippen LogP contribution in [0.15, 0.2) is 58.9 Å². The van der Waals surface area contributed by atoms with Gasteiger partial charge in [0.05, 0.1) is 19.9 Å². The fourth-order valence-electron chi connectivity index (χ4n) is 3.20. The van der Waals surface area contributed by atoms with Crippen molar-refractivity contribution in [3.8, 4) is 11.5 Å². The first-order valence-electron chi connectivity index (χ1n) is 9.80. The van der Waals surface area contributed by atoms with E-state index in [1.165, 1.54) is 25.3 Å². The van der Waals surface area contributed by atoms with Crippen LogP contribution < -0.4 is 4.74 Å². The van der Waals surface area contributed by atoms with Crippen LogP contribution in [0.4, 0.5) is 0 Å². The van der Waals surface area contributed by atoms with E-state index in [2.05, 4.69) is 6.08 Å². The molecule has 0 bridgehead atoms. The molecule has 7 heteroatoms. The van der Waals surface area contributed by atoms with Crippen LogP contribution in [0.5, 0.6) is 11.5 Å². The number of benzene rings is 1. The molecule has 0 atom stereocenters. The van der Waals surface area contributed by atoms with Gasteiger partial charge in [0.1, 0.15) is 5.76 Å². The smallest absolute Gasteiger partial charge is 0.331 e. The van der Waals surface area contributed by atoms with Crippen molar-refractivity contribution in [3.63, 3.8) is 0 Å². The highest BCUT2D eigenvalue weighted by molar-refractivity contribution is 5.89. The van der Waals surface area contributed by atoms with E-state index >= 15 is 0 Å². The van der Waals surface area contributed by atoms with E-state index in [0.29, 0.717) is 23.6 Å². The summed E-state index contributed by atoms with van der Waals surface area (Å²) in [5, 5.41) is 9.61. The van der Waals surface area contributed by atoms with Gasteiger partial charge < -0.3 is 23.9 Å². The van der Waals surface area contributed by atoms with Crippen molar-refractivity contribution in [3.05, 3.63) is 65.8 Å². The second kappa shape index (κ2) is 10.3. The summed E-state index contributed by atoms with van der Waals surface area (Å²) in [6, 6.07) is 8.27. The number of allylic oxidation sites excluding steroid dienone is 2. The molecule has 0 fully saturated rings. The third-order valence-electron chi connectivity index (χ3n) is 4.76. The van der Waals surface area contributed by atoms with Gasteiger partial charge in [0.2, 0.25) is 0 Å². The van der Waals surface area contributed by atoms with Crippen molar-refractivity contribution in [2.75, 3.05) is 13.7 Å². The van der Waals surface area contributed by atoms with Crippen LogP contribution >= 0.6 is 0 Å². The topological polar surface area (TPSA) is 89.2 Å². The standard InChI is InChI=1S/C23H25NO6/c1-28-21-14-17(9-11-20(21)25)10-12-23(27)30-16-22(26)24(15-19-8-5-13-29-19)18-6-3-2-4-7-18/h5-6,8-14,25H,2-4,7,15-16H2,1H3/b12-10+. The first kappa shape index (κ1) is 21.2. The maximum atomic E-state index is 12.8. The molecule has 1 aliphatic rings. The number of phenols is 1. The van der Waals surface area contributed by atoms with E-state index in [0.717, 1.165) is 31.4 Å². The Morgan fingerprint density at radius 2 is 2.13 bits per heavy atom. The summed E-state index contributed by atoms with van der Waals surface area (Å²) < 4.78 is 15.6. The number of methoxy groups -OCH3 is 1. The van der Waals surface area contributed by atoms with E-state index in [1.807, 2.05) is 6.07 Å². The van der Waals surface area contributed by atoms with Crippen LogP contribution in [0, 0.1) is 0 Å². The molecular weight excluding hydrogens is 386 g/mol. The number of furan rings is 1. The highest BCUT2D eigenvalue weighted by atomic mass is 16.5. The Morgan fingerprint density at radius 1 is 1.27 bits per heavy atom. The molecule has 1 aromatic carbocycles. The van der Waals surface area contributed by atoms with E-state index in [9.17, 15) is 14.7 Å². The second-order valence-corrected chi connectivity index (χ2v) is 6.87. The van der Waals surface area contributed by atoms with Crippen molar-refractivity contribution in [2.45, 2.75) is 32.2 Å². The molecule has 0 saturated heterocycles. The van der Waals surface area contributed by atoms with Crippen molar-refractivity contribution in [1.29, 1.82) is 0 Å². The summed E-state index contributed by atoms with van der Waals surface area (Å²) >= 11 is 0. The summed E-state index contributed by atoms with van der Waals surface area (Å²) in [4.78, 5) is 26.5. The average molecular weight is 411 g/mol. The van der Waals surface area contributed by atoms with Gasteiger partial charge in [-0.05, 0) is 61.6 Å². The molecule has 0 saturated carbocycles. The van der Waals surface area contributed by atoms with Gasteiger partial charge in [-0.25, -0.2) is 4.79 Å². The van der Waals surface area contributed by atoms with Gasteiger partial charge in [-0.3, -0.25) is 4.79 Å². The van der Waals surface area contributed by atoms with Crippen LogP contribution in [0.3, 0.4) is 0 Å². The zero-order chi connectivity index (χ0) is 21.3. The van der Waals surface area contributed by atoms with Gasteiger partial charge in [-0.1, -0.05) is 12.1 Å². The van der Waals surface area contributed by atoms with Crippen LogP contribution in [0.1, 0.15) is 37.0 Å². The number of hydrogen-bond acceptors (Lipinski definition) is 6. The Labute approximate surface area is 175 Å². The molecular formula is C23H25NO6. The van der Waals surface area contributed by atoms with Gasteiger partial charge in [0.25, 0.3) is 5.91 Å². The lowest BCUT2D eigenvalue weighted by Crippen LogP contribution is -2.34. The van der Waals surface area contributed by atoms with Crippen molar-refractivity contribution < 1.29 is 28.6 Å². The number of carbonyl (C=O) groups is 2. The molecule has 1 N–H and O–H groups in total.